The summed E-state index contributed by atoms with van der Waals surface area (Å²) in [5.41, 5.74) is 3.75. The molecular formula is C23H27N3. The van der Waals surface area contributed by atoms with Gasteiger partial charge in [0.05, 0.1) is 0 Å². The molecule has 0 aliphatic carbocycles. The van der Waals surface area contributed by atoms with Crippen LogP contribution in [0.2, 0.25) is 0 Å². The lowest BCUT2D eigenvalue weighted by molar-refractivity contribution is 0.634. The highest BCUT2D eigenvalue weighted by Crippen LogP contribution is 2.23. The maximum absolute atomic E-state index is 4.70. The van der Waals surface area contributed by atoms with E-state index in [0.29, 0.717) is 5.92 Å². The minimum Gasteiger partial charge on any atom is -0.332 e. The normalized spacial score (nSPS) is 10.9. The van der Waals surface area contributed by atoms with Crippen LogP contribution < -0.4 is 4.90 Å². The van der Waals surface area contributed by atoms with E-state index >= 15 is 0 Å². The van der Waals surface area contributed by atoms with Gasteiger partial charge in [-0.15, -0.1) is 0 Å². The molecule has 0 atom stereocenters. The Hall–Kier alpha value is -2.68. The van der Waals surface area contributed by atoms with Gasteiger partial charge in [-0.25, -0.2) is 9.97 Å². The molecule has 2 aromatic carbocycles. The molecule has 0 radical (unpaired) electrons. The Morgan fingerprint density at radius 1 is 0.731 bits per heavy atom. The van der Waals surface area contributed by atoms with Crippen LogP contribution in [-0.2, 0) is 13.1 Å². The molecule has 0 bridgehead atoms. The van der Waals surface area contributed by atoms with Crippen molar-refractivity contribution in [3.8, 4) is 0 Å². The second-order valence-corrected chi connectivity index (χ2v) is 6.66. The lowest BCUT2D eigenvalue weighted by Gasteiger charge is -2.23. The molecule has 0 unspecified atom stereocenters. The molecule has 134 valence electrons. The monoisotopic (exact) mass is 345 g/mol. The topological polar surface area (TPSA) is 29.0 Å². The largest absolute Gasteiger partial charge is 0.332 e. The van der Waals surface area contributed by atoms with Crippen LogP contribution in [0.15, 0.2) is 73.1 Å². The van der Waals surface area contributed by atoms with Gasteiger partial charge in [-0.05, 0) is 35.4 Å². The zero-order chi connectivity index (χ0) is 18.2. The fourth-order valence-electron chi connectivity index (χ4n) is 3.27. The zero-order valence-corrected chi connectivity index (χ0v) is 15.7. The average Bonchev–Trinajstić information content (AvgIpc) is 2.71. The molecule has 26 heavy (non-hydrogen) atoms. The van der Waals surface area contributed by atoms with Crippen molar-refractivity contribution in [1.29, 1.82) is 0 Å². The van der Waals surface area contributed by atoms with Gasteiger partial charge in [0.2, 0.25) is 5.95 Å². The smallest absolute Gasteiger partial charge is 0.225 e. The molecule has 0 fully saturated rings. The lowest BCUT2D eigenvalue weighted by Crippen LogP contribution is -2.24. The molecule has 3 heteroatoms. The summed E-state index contributed by atoms with van der Waals surface area (Å²) in [4.78, 5) is 11.6. The predicted molar refractivity (Wildman–Crippen MR) is 108 cm³/mol. The van der Waals surface area contributed by atoms with Crippen molar-refractivity contribution in [2.75, 3.05) is 4.90 Å². The summed E-state index contributed by atoms with van der Waals surface area (Å²) < 4.78 is 0. The summed E-state index contributed by atoms with van der Waals surface area (Å²) in [6.07, 6.45) is 6.25. The van der Waals surface area contributed by atoms with E-state index < -0.39 is 0 Å². The molecule has 0 N–H and O–H groups in total. The van der Waals surface area contributed by atoms with Crippen molar-refractivity contribution in [2.45, 2.75) is 45.7 Å². The number of hydrogen-bond acceptors (Lipinski definition) is 3. The van der Waals surface area contributed by atoms with Crippen LogP contribution in [0.4, 0.5) is 5.95 Å². The summed E-state index contributed by atoms with van der Waals surface area (Å²) in [7, 11) is 0. The predicted octanol–water partition coefficient (Wildman–Crippen LogP) is 5.59. The maximum atomic E-state index is 4.70. The Morgan fingerprint density at radius 2 is 1.19 bits per heavy atom. The second kappa shape index (κ2) is 9.14. The number of anilines is 1. The van der Waals surface area contributed by atoms with Crippen molar-refractivity contribution in [2.24, 2.45) is 0 Å². The number of nitrogens with zero attached hydrogens (tertiary/aromatic N) is 3. The molecular weight excluding hydrogens is 318 g/mol. The second-order valence-electron chi connectivity index (χ2n) is 6.66. The van der Waals surface area contributed by atoms with Crippen LogP contribution in [0.25, 0.3) is 0 Å². The molecule has 0 aliphatic rings. The van der Waals surface area contributed by atoms with Crippen molar-refractivity contribution in [3.05, 3.63) is 89.7 Å². The highest BCUT2D eigenvalue weighted by Gasteiger charge is 2.13. The van der Waals surface area contributed by atoms with E-state index in [2.05, 4.69) is 67.3 Å². The van der Waals surface area contributed by atoms with E-state index in [1.54, 1.807) is 0 Å². The Kier molecular flexibility index (Phi) is 6.37. The van der Waals surface area contributed by atoms with E-state index in [4.69, 9.17) is 9.97 Å². The van der Waals surface area contributed by atoms with Gasteiger partial charge in [-0.1, -0.05) is 74.5 Å². The maximum Gasteiger partial charge on any atom is 0.225 e. The summed E-state index contributed by atoms with van der Waals surface area (Å²) in [5.74, 6) is 1.33. The first-order valence-corrected chi connectivity index (χ1v) is 9.44. The number of benzene rings is 2. The van der Waals surface area contributed by atoms with Gasteiger partial charge < -0.3 is 4.90 Å². The first-order valence-electron chi connectivity index (χ1n) is 9.44. The zero-order valence-electron chi connectivity index (χ0n) is 15.7. The number of rotatable bonds is 8. The fraction of sp³-hybridized carbons (Fsp3) is 0.304. The highest BCUT2D eigenvalue weighted by molar-refractivity contribution is 5.35. The molecule has 0 saturated heterocycles. The van der Waals surface area contributed by atoms with Crippen LogP contribution >= 0.6 is 0 Å². The van der Waals surface area contributed by atoms with Crippen molar-refractivity contribution >= 4 is 5.95 Å². The van der Waals surface area contributed by atoms with E-state index in [9.17, 15) is 0 Å². The Balaban J connectivity index is 1.84. The first kappa shape index (κ1) is 18.1. The quantitative estimate of drug-likeness (QED) is 0.533. The van der Waals surface area contributed by atoms with E-state index in [-0.39, 0.29) is 0 Å². The minimum atomic E-state index is 0.542. The molecule has 1 heterocycles. The fourth-order valence-corrected chi connectivity index (χ4v) is 3.27. The lowest BCUT2D eigenvalue weighted by atomic mass is 9.97. The van der Waals surface area contributed by atoms with Crippen molar-refractivity contribution < 1.29 is 0 Å². The third kappa shape index (κ3) is 4.69. The average molecular weight is 345 g/mol. The van der Waals surface area contributed by atoms with E-state index in [1.165, 1.54) is 16.7 Å². The molecule has 0 amide bonds. The Morgan fingerprint density at radius 3 is 1.62 bits per heavy atom. The molecule has 0 saturated carbocycles. The van der Waals surface area contributed by atoms with Gasteiger partial charge in [0.1, 0.15) is 0 Å². The first-order chi connectivity index (χ1) is 12.8. The molecule has 0 aliphatic heterocycles. The molecule has 1 aromatic heterocycles. The van der Waals surface area contributed by atoms with Crippen molar-refractivity contribution in [3.63, 3.8) is 0 Å². The van der Waals surface area contributed by atoms with Crippen LogP contribution in [0.1, 0.15) is 49.3 Å². The summed E-state index contributed by atoms with van der Waals surface area (Å²) in [5, 5.41) is 0. The molecule has 3 nitrogen and oxygen atoms in total. The van der Waals surface area contributed by atoms with E-state index in [1.807, 2.05) is 24.5 Å². The van der Waals surface area contributed by atoms with Gasteiger partial charge >= 0.3 is 0 Å². The van der Waals surface area contributed by atoms with Crippen LogP contribution in [0.5, 0.6) is 0 Å². The number of hydrogen-bond donors (Lipinski definition) is 0. The van der Waals surface area contributed by atoms with Gasteiger partial charge in [-0.3, -0.25) is 0 Å². The number of aromatic nitrogens is 2. The van der Waals surface area contributed by atoms with Crippen LogP contribution in [0, 0.1) is 0 Å². The van der Waals surface area contributed by atoms with Gasteiger partial charge in [0.25, 0.3) is 0 Å². The standard InChI is InChI=1S/C23H27N3/c1-3-21(4-2)22-15-24-23(25-16-22)26(17-19-11-7-5-8-12-19)18-20-13-9-6-10-14-20/h5-16,21H,3-4,17-18H2,1-2H3. The molecule has 3 aromatic rings. The summed E-state index contributed by atoms with van der Waals surface area (Å²) in [6, 6.07) is 21.0. The minimum absolute atomic E-state index is 0.542. The SMILES string of the molecule is CCC(CC)c1cnc(N(Cc2ccccc2)Cc2ccccc2)nc1. The van der Waals surface area contributed by atoms with Gasteiger partial charge in [0, 0.05) is 25.5 Å². The highest BCUT2D eigenvalue weighted by atomic mass is 15.2. The third-order valence-corrected chi connectivity index (χ3v) is 4.83. The summed E-state index contributed by atoms with van der Waals surface area (Å²) >= 11 is 0. The Bertz CT molecular complexity index is 724. The van der Waals surface area contributed by atoms with E-state index in [0.717, 1.165) is 31.9 Å². The summed E-state index contributed by atoms with van der Waals surface area (Å²) in [6.45, 7) is 6.03. The van der Waals surface area contributed by atoms with Gasteiger partial charge in [0.15, 0.2) is 0 Å². The van der Waals surface area contributed by atoms with Crippen LogP contribution in [-0.4, -0.2) is 9.97 Å². The molecule has 0 spiro atoms. The Labute approximate surface area is 156 Å². The van der Waals surface area contributed by atoms with Crippen molar-refractivity contribution in [1.82, 2.24) is 9.97 Å². The van der Waals surface area contributed by atoms with Crippen LogP contribution in [0.3, 0.4) is 0 Å². The van der Waals surface area contributed by atoms with Gasteiger partial charge in [-0.2, -0.15) is 0 Å². The third-order valence-electron chi connectivity index (χ3n) is 4.83. The molecule has 3 rings (SSSR count).